The van der Waals surface area contributed by atoms with E-state index >= 15 is 0 Å². The van der Waals surface area contributed by atoms with E-state index in [-0.39, 0.29) is 5.91 Å². The minimum Gasteiger partial charge on any atom is -0.273 e. The molecule has 1 amide bonds. The maximum Gasteiger partial charge on any atom is 0.244 e. The monoisotopic (exact) mass is 330 g/mol. The van der Waals surface area contributed by atoms with Crippen molar-refractivity contribution in [1.29, 1.82) is 0 Å². The van der Waals surface area contributed by atoms with Crippen LogP contribution in [0.2, 0.25) is 0 Å². The fourth-order valence-electron chi connectivity index (χ4n) is 1.72. The third-order valence-corrected chi connectivity index (χ3v) is 3.35. The number of nitrogens with one attached hydrogen (secondary N) is 1. The summed E-state index contributed by atoms with van der Waals surface area (Å²) >= 11 is 3.36. The summed E-state index contributed by atoms with van der Waals surface area (Å²) in [7, 11) is 0. The second-order valence-electron chi connectivity index (χ2n) is 4.40. The summed E-state index contributed by atoms with van der Waals surface area (Å²) in [6.45, 7) is 1.87. The molecule has 0 unspecified atom stereocenters. The van der Waals surface area contributed by atoms with Crippen LogP contribution in [0.4, 0.5) is 0 Å². The van der Waals surface area contributed by atoms with Crippen LogP contribution in [0.25, 0.3) is 0 Å². The van der Waals surface area contributed by atoms with Crippen molar-refractivity contribution < 1.29 is 4.79 Å². The van der Waals surface area contributed by atoms with E-state index in [0.717, 1.165) is 21.3 Å². The summed E-state index contributed by atoms with van der Waals surface area (Å²) in [5, 5.41) is 4.12. The van der Waals surface area contributed by atoms with Crippen LogP contribution in [0.5, 0.6) is 0 Å². The molecule has 0 radical (unpaired) electrons. The molecule has 2 rings (SSSR count). The zero-order valence-electron chi connectivity index (χ0n) is 11.1. The van der Waals surface area contributed by atoms with Gasteiger partial charge in [0.05, 0.1) is 12.1 Å². The van der Waals surface area contributed by atoms with Crippen molar-refractivity contribution in [1.82, 2.24) is 5.43 Å². The average Bonchev–Trinajstić information content (AvgIpc) is 2.48. The topological polar surface area (TPSA) is 41.5 Å². The van der Waals surface area contributed by atoms with E-state index in [1.165, 1.54) is 0 Å². The largest absolute Gasteiger partial charge is 0.273 e. The Kier molecular flexibility index (Phi) is 5.07. The van der Waals surface area contributed by atoms with Gasteiger partial charge in [-0.05, 0) is 30.2 Å². The van der Waals surface area contributed by atoms with Gasteiger partial charge in [0.15, 0.2) is 0 Å². The van der Waals surface area contributed by atoms with Crippen LogP contribution in [-0.4, -0.2) is 11.6 Å². The SMILES string of the molecule is CC(=NNC(=O)Cc1ccc(Br)cc1)c1ccccc1. The van der Waals surface area contributed by atoms with Gasteiger partial charge in [0.2, 0.25) is 5.91 Å². The summed E-state index contributed by atoms with van der Waals surface area (Å²) in [6, 6.07) is 17.4. The Labute approximate surface area is 126 Å². The molecule has 2 aromatic carbocycles. The zero-order chi connectivity index (χ0) is 14.4. The van der Waals surface area contributed by atoms with Gasteiger partial charge in [-0.1, -0.05) is 58.4 Å². The lowest BCUT2D eigenvalue weighted by molar-refractivity contribution is -0.120. The molecular weight excluding hydrogens is 316 g/mol. The van der Waals surface area contributed by atoms with E-state index in [0.29, 0.717) is 6.42 Å². The fourth-order valence-corrected chi connectivity index (χ4v) is 1.98. The maximum absolute atomic E-state index is 11.8. The predicted molar refractivity (Wildman–Crippen MR) is 84.6 cm³/mol. The predicted octanol–water partition coefficient (Wildman–Crippen LogP) is 3.53. The van der Waals surface area contributed by atoms with Crippen molar-refractivity contribution in [2.45, 2.75) is 13.3 Å². The molecule has 0 fully saturated rings. The van der Waals surface area contributed by atoms with Crippen molar-refractivity contribution in [3.05, 3.63) is 70.2 Å². The molecule has 0 heterocycles. The number of carbonyl (C=O) groups is 1. The number of hydrazone groups is 1. The van der Waals surface area contributed by atoms with E-state index in [1.54, 1.807) is 0 Å². The lowest BCUT2D eigenvalue weighted by Crippen LogP contribution is -2.21. The third-order valence-electron chi connectivity index (χ3n) is 2.82. The van der Waals surface area contributed by atoms with Crippen molar-refractivity contribution in [2.24, 2.45) is 5.10 Å². The number of rotatable bonds is 4. The van der Waals surface area contributed by atoms with Crippen molar-refractivity contribution in [2.75, 3.05) is 0 Å². The van der Waals surface area contributed by atoms with Gasteiger partial charge in [-0.2, -0.15) is 5.10 Å². The fraction of sp³-hybridized carbons (Fsp3) is 0.125. The van der Waals surface area contributed by atoms with Crippen molar-refractivity contribution in [3.63, 3.8) is 0 Å². The summed E-state index contributed by atoms with van der Waals surface area (Å²) < 4.78 is 1.000. The molecule has 102 valence electrons. The quantitative estimate of drug-likeness (QED) is 0.676. The van der Waals surface area contributed by atoms with Gasteiger partial charge in [-0.3, -0.25) is 4.79 Å². The first kappa shape index (κ1) is 14.5. The van der Waals surface area contributed by atoms with Gasteiger partial charge in [0.25, 0.3) is 0 Å². The van der Waals surface area contributed by atoms with Crippen LogP contribution < -0.4 is 5.43 Å². The number of carbonyl (C=O) groups excluding carboxylic acids is 1. The van der Waals surface area contributed by atoms with Crippen LogP contribution in [0.1, 0.15) is 18.1 Å². The van der Waals surface area contributed by atoms with Crippen LogP contribution in [0, 0.1) is 0 Å². The Hall–Kier alpha value is -1.94. The highest BCUT2D eigenvalue weighted by Crippen LogP contribution is 2.10. The lowest BCUT2D eigenvalue weighted by Gasteiger charge is -2.03. The molecule has 1 N–H and O–H groups in total. The minimum absolute atomic E-state index is 0.123. The number of hydrogen-bond acceptors (Lipinski definition) is 2. The molecular formula is C16H15BrN2O. The molecule has 0 aliphatic rings. The Bertz CT molecular complexity index is 606. The van der Waals surface area contributed by atoms with Crippen LogP contribution in [0.15, 0.2) is 64.2 Å². The second kappa shape index (κ2) is 7.01. The van der Waals surface area contributed by atoms with Gasteiger partial charge in [0, 0.05) is 4.47 Å². The lowest BCUT2D eigenvalue weighted by atomic mass is 10.1. The highest BCUT2D eigenvalue weighted by atomic mass is 79.9. The smallest absolute Gasteiger partial charge is 0.244 e. The number of benzene rings is 2. The average molecular weight is 331 g/mol. The van der Waals surface area contributed by atoms with Gasteiger partial charge in [-0.15, -0.1) is 0 Å². The summed E-state index contributed by atoms with van der Waals surface area (Å²) in [5.74, 6) is -0.123. The summed E-state index contributed by atoms with van der Waals surface area (Å²) in [5.41, 5.74) is 5.32. The molecule has 0 spiro atoms. The molecule has 0 saturated heterocycles. The zero-order valence-corrected chi connectivity index (χ0v) is 12.7. The molecule has 0 aliphatic heterocycles. The molecule has 0 saturated carbocycles. The van der Waals surface area contributed by atoms with E-state index in [2.05, 4.69) is 26.5 Å². The molecule has 2 aromatic rings. The molecule has 3 nitrogen and oxygen atoms in total. The maximum atomic E-state index is 11.8. The van der Waals surface area contributed by atoms with E-state index < -0.39 is 0 Å². The molecule has 4 heteroatoms. The normalized spacial score (nSPS) is 11.2. The Morgan fingerprint density at radius 1 is 1.10 bits per heavy atom. The molecule has 0 atom stereocenters. The second-order valence-corrected chi connectivity index (χ2v) is 5.32. The standard InChI is InChI=1S/C16H15BrN2O/c1-12(14-5-3-2-4-6-14)18-19-16(20)11-13-7-9-15(17)10-8-13/h2-10H,11H2,1H3,(H,19,20). The molecule has 0 aliphatic carbocycles. The highest BCUT2D eigenvalue weighted by Gasteiger charge is 2.03. The Morgan fingerprint density at radius 3 is 2.40 bits per heavy atom. The Morgan fingerprint density at radius 2 is 1.75 bits per heavy atom. The number of hydrogen-bond donors (Lipinski definition) is 1. The summed E-state index contributed by atoms with van der Waals surface area (Å²) in [6.07, 6.45) is 0.318. The van der Waals surface area contributed by atoms with E-state index in [9.17, 15) is 4.79 Å². The van der Waals surface area contributed by atoms with Crippen molar-refractivity contribution in [3.8, 4) is 0 Å². The molecule has 0 aromatic heterocycles. The highest BCUT2D eigenvalue weighted by molar-refractivity contribution is 9.10. The molecule has 20 heavy (non-hydrogen) atoms. The first-order chi connectivity index (χ1) is 9.65. The van der Waals surface area contributed by atoms with E-state index in [4.69, 9.17) is 0 Å². The number of nitrogens with zero attached hydrogens (tertiary/aromatic N) is 1. The summed E-state index contributed by atoms with van der Waals surface area (Å²) in [4.78, 5) is 11.8. The van der Waals surface area contributed by atoms with Crippen LogP contribution >= 0.6 is 15.9 Å². The third kappa shape index (κ3) is 4.31. The van der Waals surface area contributed by atoms with Crippen molar-refractivity contribution >= 4 is 27.5 Å². The Balaban J connectivity index is 1.93. The van der Waals surface area contributed by atoms with Gasteiger partial charge in [-0.25, -0.2) is 5.43 Å². The van der Waals surface area contributed by atoms with Crippen LogP contribution in [-0.2, 0) is 11.2 Å². The van der Waals surface area contributed by atoms with Gasteiger partial charge in [0.1, 0.15) is 0 Å². The molecule has 0 bridgehead atoms. The van der Waals surface area contributed by atoms with Gasteiger partial charge < -0.3 is 0 Å². The number of halogens is 1. The van der Waals surface area contributed by atoms with E-state index in [1.807, 2.05) is 61.5 Å². The minimum atomic E-state index is -0.123. The number of amides is 1. The van der Waals surface area contributed by atoms with Gasteiger partial charge >= 0.3 is 0 Å². The van der Waals surface area contributed by atoms with Crippen LogP contribution in [0.3, 0.4) is 0 Å². The first-order valence-electron chi connectivity index (χ1n) is 6.28. The first-order valence-corrected chi connectivity index (χ1v) is 7.07.